The molecule has 0 aromatic rings. The van der Waals surface area contributed by atoms with Crippen LogP contribution in [0, 0.1) is 0 Å². The van der Waals surface area contributed by atoms with Crippen molar-refractivity contribution in [2.75, 3.05) is 105 Å². The van der Waals surface area contributed by atoms with Crippen molar-refractivity contribution in [2.24, 2.45) is 0 Å². The summed E-state index contributed by atoms with van der Waals surface area (Å²) in [4.78, 5) is 108. The van der Waals surface area contributed by atoms with E-state index in [0.29, 0.717) is 65.2 Å². The van der Waals surface area contributed by atoms with E-state index in [9.17, 15) is 38.6 Å². The Kier molecular flexibility index (Phi) is 38.3. The first-order chi connectivity index (χ1) is 36.7. The number of unbranched alkanes of at least 4 members (excludes halogenated alkanes) is 16. The number of nitrogens with one attached hydrogen (secondary N) is 1. The van der Waals surface area contributed by atoms with E-state index in [0.717, 1.165) is 38.5 Å². The Morgan fingerprint density at radius 2 is 0.782 bits per heavy atom. The van der Waals surface area contributed by atoms with E-state index in [1.165, 1.54) is 64.2 Å². The minimum atomic E-state index is -4.82. The number of carbonyl (C=O) groups excluding carboxylic acids is 6. The van der Waals surface area contributed by atoms with Crippen LogP contribution in [0.15, 0.2) is 0 Å². The number of esters is 5. The van der Waals surface area contributed by atoms with Crippen LogP contribution in [0.1, 0.15) is 205 Å². The van der Waals surface area contributed by atoms with Crippen LogP contribution in [0.25, 0.3) is 0 Å². The topological polar surface area (TPSA) is 232 Å². The molecule has 0 saturated carbocycles. The number of hydrogen-bond acceptors (Lipinski definition) is 19. The van der Waals surface area contributed by atoms with Gasteiger partial charge in [-0.3, -0.25) is 19.3 Å². The minimum absolute atomic E-state index is 0.00217. The second-order valence-electron chi connectivity index (χ2n) is 23.9. The van der Waals surface area contributed by atoms with Gasteiger partial charge < -0.3 is 14.2 Å². The summed E-state index contributed by atoms with van der Waals surface area (Å²) in [6.45, 7) is 22.2. The molecule has 458 valence electrons. The third-order valence-electron chi connectivity index (χ3n) is 12.5. The molecule has 0 aliphatic carbocycles. The maximum absolute atomic E-state index is 13.5. The summed E-state index contributed by atoms with van der Waals surface area (Å²) in [5.74, 6) is -2.55. The summed E-state index contributed by atoms with van der Waals surface area (Å²) in [5.41, 5.74) is -2.09. The predicted molar refractivity (Wildman–Crippen MR) is 305 cm³/mol. The molecule has 1 aliphatic rings. The number of rotatable bonds is 38. The van der Waals surface area contributed by atoms with E-state index < -0.39 is 67.5 Å². The third-order valence-corrected chi connectivity index (χ3v) is 13.6. The van der Waals surface area contributed by atoms with Gasteiger partial charge in [-0.25, -0.2) is 0 Å². The number of hydrogen-bond donors (Lipinski definition) is 3. The minimum Gasteiger partial charge on any atom is -0.0654 e. The molecule has 0 radical (unpaired) electrons. The molecule has 78 heavy (non-hydrogen) atoms. The van der Waals surface area contributed by atoms with Gasteiger partial charge in [-0.05, 0) is 62.3 Å². The van der Waals surface area contributed by atoms with Crippen LogP contribution >= 0.6 is 8.17 Å². The normalized spacial score (nSPS) is 15.9. The Morgan fingerprint density at radius 1 is 0.449 bits per heavy atom. The molecule has 21 heteroatoms. The van der Waals surface area contributed by atoms with Gasteiger partial charge in [0.2, 0.25) is 0 Å². The molecule has 0 spiro atoms. The van der Waals surface area contributed by atoms with E-state index in [1.54, 1.807) is 62.3 Å². The molecule has 3 N–H and O–H groups in total. The second kappa shape index (κ2) is 41.0. The Morgan fingerprint density at radius 3 is 1.14 bits per heavy atom. The number of nitrogens with zero attached hydrogens (tertiary/aromatic N) is 4. The van der Waals surface area contributed by atoms with Gasteiger partial charge in [0.1, 0.15) is 16.8 Å². The molecule has 1 fully saturated rings. The molecular weight excluding hydrogens is 1030 g/mol. The summed E-state index contributed by atoms with van der Waals surface area (Å²) in [6.07, 6.45) is 18.9. The zero-order valence-corrected chi connectivity index (χ0v) is 51.5. The van der Waals surface area contributed by atoms with E-state index in [1.807, 2.05) is 19.6 Å². The van der Waals surface area contributed by atoms with Gasteiger partial charge in [-0.1, -0.05) is 58.8 Å². The van der Waals surface area contributed by atoms with Crippen molar-refractivity contribution in [1.29, 1.82) is 0 Å². The van der Waals surface area contributed by atoms with Crippen LogP contribution in [0.5, 0.6) is 0 Å². The van der Waals surface area contributed by atoms with Crippen LogP contribution in [-0.4, -0.2) is 193 Å². The second-order valence-corrected chi connectivity index (χ2v) is 25.5. The average molecular weight is 1140 g/mol. The Hall–Kier alpha value is -3.07. The molecule has 0 bridgehead atoms. The first-order valence-corrected chi connectivity index (χ1v) is 31.3. The molecule has 1 saturated heterocycles. The van der Waals surface area contributed by atoms with Gasteiger partial charge in [0, 0.05) is 0 Å². The van der Waals surface area contributed by atoms with Crippen LogP contribution in [0.2, 0.25) is 0 Å². The van der Waals surface area contributed by atoms with Gasteiger partial charge in [-0.15, -0.1) is 0 Å². The SMILES string of the molecule is CCCCCCCCCCCC(=O)OC[C@H](CO[PH](O)(O)OCCNC(=O)CN1CCN(CC(=O)OC(C)(C)C)CCN(CC(=O)OC(C)(C)C)CCN(CC(=O)OC(C)(C)C)CC1)OC(=O)CCCCCCCCCCC. The van der Waals surface area contributed by atoms with E-state index >= 15 is 0 Å². The monoisotopic (exact) mass is 1140 g/mol. The average Bonchev–Trinajstić information content (AvgIpc) is 3.31. The van der Waals surface area contributed by atoms with Gasteiger partial charge in [0.15, 0.2) is 0 Å². The van der Waals surface area contributed by atoms with Crippen molar-refractivity contribution < 1.29 is 71.3 Å². The molecule has 1 heterocycles. The van der Waals surface area contributed by atoms with E-state index in [4.69, 9.17) is 32.7 Å². The molecule has 0 unspecified atom stereocenters. The summed E-state index contributed by atoms with van der Waals surface area (Å²) < 4.78 is 38.8. The fraction of sp³-hybridized carbons (Fsp3) is 0.895. The molecule has 1 aliphatic heterocycles. The number of carbonyl (C=O) groups is 6. The predicted octanol–water partition coefficient (Wildman–Crippen LogP) is 8.07. The van der Waals surface area contributed by atoms with Crippen LogP contribution in [0.3, 0.4) is 0 Å². The molecule has 20 nitrogen and oxygen atoms in total. The summed E-state index contributed by atoms with van der Waals surface area (Å²) >= 11 is 0. The quantitative estimate of drug-likeness (QED) is 0.0229. The third kappa shape index (κ3) is 43.7. The summed E-state index contributed by atoms with van der Waals surface area (Å²) in [5, 5.41) is 2.76. The fourth-order valence-electron chi connectivity index (χ4n) is 8.54. The standard InChI is InChI=1S/C57H110N5O15P/c1-12-14-16-18-20-22-24-26-28-30-50(64)71-46-48(74-51(65)31-29-27-25-23-21-19-17-15-13-2)47-73-78(69,70)72-41-32-58-49(63)42-59-33-35-60(43-52(66)75-55(3,4)5)37-39-62(45-54(68)77-57(9,10)11)40-38-61(36-34-59)44-53(67)76-56(6,7)8/h48,69-70,78H,12-47H2,1-11H3,(H,58,63)/t48-/m1/s1. The fourth-order valence-corrected chi connectivity index (χ4v) is 9.39. The van der Waals surface area contributed by atoms with Crippen molar-refractivity contribution >= 4 is 43.9 Å². The zero-order valence-electron chi connectivity index (χ0n) is 50.5. The van der Waals surface area contributed by atoms with Crippen molar-refractivity contribution in [3.8, 4) is 0 Å². The maximum atomic E-state index is 13.5. The van der Waals surface area contributed by atoms with Gasteiger partial charge >= 0.3 is 295 Å². The Labute approximate surface area is 471 Å². The molecule has 1 rings (SSSR count). The number of ether oxygens (including phenoxy) is 5. The van der Waals surface area contributed by atoms with Crippen molar-refractivity contribution in [3.05, 3.63) is 0 Å². The molecule has 1 amide bonds. The first kappa shape index (κ1) is 72.9. The molecular formula is C57H110N5O15P. The van der Waals surface area contributed by atoms with E-state index in [-0.39, 0.29) is 64.7 Å². The summed E-state index contributed by atoms with van der Waals surface area (Å²) in [6, 6.07) is 0. The van der Waals surface area contributed by atoms with Gasteiger partial charge in [0.05, 0.1) is 6.54 Å². The molecule has 1 atom stereocenters. The van der Waals surface area contributed by atoms with Crippen molar-refractivity contribution in [2.45, 2.75) is 227 Å². The van der Waals surface area contributed by atoms with Crippen molar-refractivity contribution in [3.63, 3.8) is 0 Å². The van der Waals surface area contributed by atoms with Gasteiger partial charge in [0.25, 0.3) is 0 Å². The Bertz CT molecular complexity index is 1630. The number of amides is 1. The Balaban J connectivity index is 2.99. The van der Waals surface area contributed by atoms with E-state index in [2.05, 4.69) is 19.2 Å². The van der Waals surface area contributed by atoms with Gasteiger partial charge in [-0.2, -0.15) is 0 Å². The van der Waals surface area contributed by atoms with Crippen LogP contribution in [0.4, 0.5) is 0 Å². The molecule has 0 aromatic heterocycles. The van der Waals surface area contributed by atoms with Crippen LogP contribution < -0.4 is 5.32 Å². The smallest absolute Gasteiger partial charge is 0.0654 e. The zero-order chi connectivity index (χ0) is 58.5. The summed E-state index contributed by atoms with van der Waals surface area (Å²) in [7, 11) is -4.82. The van der Waals surface area contributed by atoms with Crippen LogP contribution in [-0.2, 0) is 61.5 Å². The van der Waals surface area contributed by atoms with Crippen molar-refractivity contribution in [1.82, 2.24) is 24.9 Å². The molecule has 0 aromatic carbocycles. The first-order valence-electron chi connectivity index (χ1n) is 29.6.